The van der Waals surface area contributed by atoms with E-state index in [4.69, 9.17) is 0 Å². The van der Waals surface area contributed by atoms with E-state index in [0.29, 0.717) is 50.4 Å². The molecule has 2 aromatic carbocycles. The Morgan fingerprint density at radius 3 is 2.16 bits per heavy atom. The van der Waals surface area contributed by atoms with Crippen LogP contribution in [0.5, 0.6) is 0 Å². The molecule has 272 valence electrons. The highest BCUT2D eigenvalue weighted by atomic mass is 16.2. The molecule has 3 heterocycles. The first kappa shape index (κ1) is 37.5. The number of aryl methyl sites for hydroxylation is 1. The number of carbonyl (C=O) groups is 4. The minimum atomic E-state index is -0.673. The van der Waals surface area contributed by atoms with Crippen LogP contribution in [0.25, 0.3) is 0 Å². The predicted molar refractivity (Wildman–Crippen MR) is 200 cm³/mol. The number of carbonyl (C=O) groups excluding carboxylic acids is 4. The van der Waals surface area contributed by atoms with Gasteiger partial charge in [0.2, 0.25) is 17.7 Å². The zero-order chi connectivity index (χ0) is 36.2. The molecule has 1 aromatic heterocycles. The van der Waals surface area contributed by atoms with Gasteiger partial charge in [0, 0.05) is 51.2 Å². The third-order valence-electron chi connectivity index (χ3n) is 10.4. The number of amides is 5. The van der Waals surface area contributed by atoms with E-state index in [1.54, 1.807) is 23.2 Å². The summed E-state index contributed by atoms with van der Waals surface area (Å²) < 4.78 is 0. The molecule has 2 aliphatic rings. The van der Waals surface area contributed by atoms with Crippen LogP contribution in [0, 0.1) is 5.41 Å². The van der Waals surface area contributed by atoms with Gasteiger partial charge in [-0.1, -0.05) is 50.2 Å². The number of pyridine rings is 1. The van der Waals surface area contributed by atoms with Gasteiger partial charge in [-0.3, -0.25) is 14.4 Å². The van der Waals surface area contributed by atoms with Crippen molar-refractivity contribution >= 4 is 35.3 Å². The Bertz CT molecular complexity index is 1650. The van der Waals surface area contributed by atoms with Crippen LogP contribution in [0.2, 0.25) is 0 Å². The average molecular weight is 696 g/mol. The predicted octanol–water partition coefficient (Wildman–Crippen LogP) is 5.61. The summed E-state index contributed by atoms with van der Waals surface area (Å²) in [5.74, 6) is -0.0863. The monoisotopic (exact) mass is 695 g/mol. The molecule has 0 unspecified atom stereocenters. The fourth-order valence-corrected chi connectivity index (χ4v) is 7.33. The van der Waals surface area contributed by atoms with Crippen molar-refractivity contribution in [2.24, 2.45) is 5.41 Å². The van der Waals surface area contributed by atoms with E-state index in [1.807, 2.05) is 79.2 Å². The van der Waals surface area contributed by atoms with Crippen molar-refractivity contribution in [2.75, 3.05) is 50.4 Å². The Balaban J connectivity index is 1.32. The zero-order valence-corrected chi connectivity index (χ0v) is 30.4. The number of rotatable bonds is 13. The van der Waals surface area contributed by atoms with Crippen molar-refractivity contribution in [3.05, 3.63) is 89.1 Å². The molecule has 3 N–H and O–H groups in total. The third-order valence-corrected chi connectivity index (χ3v) is 10.4. The van der Waals surface area contributed by atoms with Crippen LogP contribution < -0.4 is 16.0 Å². The molecule has 0 atom stereocenters. The topological polar surface area (TPSA) is 127 Å². The Kier molecular flexibility index (Phi) is 13.2. The summed E-state index contributed by atoms with van der Waals surface area (Å²) in [6.45, 7) is 7.49. The van der Waals surface area contributed by atoms with E-state index in [0.717, 1.165) is 61.0 Å². The zero-order valence-electron chi connectivity index (χ0n) is 30.4. The first-order chi connectivity index (χ1) is 24.7. The van der Waals surface area contributed by atoms with Gasteiger partial charge in [0.15, 0.2) is 0 Å². The van der Waals surface area contributed by atoms with E-state index in [1.165, 1.54) is 0 Å². The minimum absolute atomic E-state index is 0.0577. The summed E-state index contributed by atoms with van der Waals surface area (Å²) in [5.41, 5.74) is 3.76. The van der Waals surface area contributed by atoms with E-state index < -0.39 is 5.41 Å². The molecule has 0 spiro atoms. The number of likely N-dealkylation sites (tertiary alicyclic amines) is 2. The second-order valence-corrected chi connectivity index (χ2v) is 13.7. The summed E-state index contributed by atoms with van der Waals surface area (Å²) in [6, 6.07) is 19.0. The van der Waals surface area contributed by atoms with Crippen molar-refractivity contribution in [3.8, 4) is 0 Å². The fraction of sp³-hybridized carbons (Fsp3) is 0.475. The van der Waals surface area contributed by atoms with Crippen LogP contribution in [0.3, 0.4) is 0 Å². The van der Waals surface area contributed by atoms with E-state index in [-0.39, 0.29) is 43.3 Å². The maximum absolute atomic E-state index is 14.7. The fourth-order valence-electron chi connectivity index (χ4n) is 7.33. The summed E-state index contributed by atoms with van der Waals surface area (Å²) in [6.07, 6.45) is 7.45. The van der Waals surface area contributed by atoms with Gasteiger partial charge >= 0.3 is 6.03 Å². The molecule has 3 aromatic rings. The van der Waals surface area contributed by atoms with Gasteiger partial charge in [-0.15, -0.1) is 0 Å². The molecular formula is C40H53N7O4. The molecule has 0 bridgehead atoms. The Morgan fingerprint density at radius 2 is 1.49 bits per heavy atom. The van der Waals surface area contributed by atoms with E-state index in [9.17, 15) is 19.2 Å². The molecule has 11 heteroatoms. The number of piperidine rings is 2. The lowest BCUT2D eigenvalue weighted by Crippen LogP contribution is -2.54. The first-order valence-corrected chi connectivity index (χ1v) is 18.4. The lowest BCUT2D eigenvalue weighted by Gasteiger charge is -2.44. The highest BCUT2D eigenvalue weighted by Gasteiger charge is 2.44. The first-order valence-electron chi connectivity index (χ1n) is 18.4. The largest absolute Gasteiger partial charge is 0.329 e. The molecule has 5 amide bonds. The number of nitrogens with zero attached hydrogens (tertiary/aromatic N) is 4. The number of nitrogens with one attached hydrogen (secondary N) is 3. The molecule has 0 aliphatic carbocycles. The smallest absolute Gasteiger partial charge is 0.319 e. The molecule has 2 aliphatic heterocycles. The summed E-state index contributed by atoms with van der Waals surface area (Å²) in [7, 11) is 1.89. The molecular weight excluding hydrogens is 642 g/mol. The van der Waals surface area contributed by atoms with Crippen molar-refractivity contribution in [3.63, 3.8) is 0 Å². The summed E-state index contributed by atoms with van der Waals surface area (Å²) in [4.78, 5) is 64.4. The second kappa shape index (κ2) is 17.9. The molecule has 0 saturated carbocycles. The average Bonchev–Trinajstić information content (AvgIpc) is 3.15. The third kappa shape index (κ3) is 9.72. The molecule has 5 rings (SSSR count). The van der Waals surface area contributed by atoms with Gasteiger partial charge in [0.25, 0.3) is 0 Å². The van der Waals surface area contributed by atoms with Crippen molar-refractivity contribution in [2.45, 2.75) is 78.3 Å². The lowest BCUT2D eigenvalue weighted by atomic mass is 9.74. The number of urea groups is 1. The number of hydrogen-bond donors (Lipinski definition) is 3. The number of aromatic nitrogens is 1. The molecule has 51 heavy (non-hydrogen) atoms. The second-order valence-electron chi connectivity index (χ2n) is 13.7. The minimum Gasteiger partial charge on any atom is -0.329 e. The number of hydrogen-bond acceptors (Lipinski definition) is 6. The van der Waals surface area contributed by atoms with Crippen LogP contribution in [-0.4, -0.2) is 83.2 Å². The maximum Gasteiger partial charge on any atom is 0.319 e. The van der Waals surface area contributed by atoms with Crippen molar-refractivity contribution < 1.29 is 19.2 Å². The maximum atomic E-state index is 14.7. The van der Waals surface area contributed by atoms with E-state index in [2.05, 4.69) is 20.9 Å². The van der Waals surface area contributed by atoms with Gasteiger partial charge in [0.05, 0.1) is 11.8 Å². The lowest BCUT2D eigenvalue weighted by molar-refractivity contribution is -0.147. The SMILES string of the molecule is CCc1ccc(NC(=O)CN(Cc2ccccc2CNC)C(=O)C2(CC)CCN(C(=O)N3CCCCC3)CC2)cc1CC(=O)Nc1ccccn1. The quantitative estimate of drug-likeness (QED) is 0.214. The molecule has 0 radical (unpaired) electrons. The Morgan fingerprint density at radius 1 is 0.784 bits per heavy atom. The van der Waals surface area contributed by atoms with Crippen LogP contribution >= 0.6 is 0 Å². The highest BCUT2D eigenvalue weighted by Crippen LogP contribution is 2.38. The Labute approximate surface area is 302 Å². The van der Waals surface area contributed by atoms with Crippen LogP contribution in [0.4, 0.5) is 16.3 Å². The van der Waals surface area contributed by atoms with Crippen LogP contribution in [-0.2, 0) is 40.3 Å². The number of benzene rings is 2. The number of anilines is 2. The van der Waals surface area contributed by atoms with Crippen molar-refractivity contribution in [1.82, 2.24) is 25.0 Å². The van der Waals surface area contributed by atoms with E-state index >= 15 is 0 Å². The van der Waals surface area contributed by atoms with Gasteiger partial charge in [-0.2, -0.15) is 0 Å². The van der Waals surface area contributed by atoms with Crippen LogP contribution in [0.15, 0.2) is 66.9 Å². The van der Waals surface area contributed by atoms with Gasteiger partial charge in [0.1, 0.15) is 12.4 Å². The van der Waals surface area contributed by atoms with Gasteiger partial charge in [-0.25, -0.2) is 9.78 Å². The van der Waals surface area contributed by atoms with Gasteiger partial charge in [-0.05, 0) is 98.5 Å². The Hall–Kier alpha value is -4.77. The highest BCUT2D eigenvalue weighted by molar-refractivity contribution is 5.96. The summed E-state index contributed by atoms with van der Waals surface area (Å²) in [5, 5.41) is 9.05. The van der Waals surface area contributed by atoms with Gasteiger partial charge < -0.3 is 30.7 Å². The standard InChI is InChI=1S/C40H53N7O4/c1-4-30-16-17-34(25-33(30)26-36(48)44-35-15-9-10-20-42-35)43-37(49)29-47(28-32-14-8-7-13-31(32)27-41-3)38(50)40(5-2)18-23-46(24-19-40)39(51)45-21-11-6-12-22-45/h7-10,13-17,20,25,41H,4-6,11-12,18-19,21-24,26-29H2,1-3H3,(H,43,49)(H,42,44,48). The van der Waals surface area contributed by atoms with Crippen LogP contribution in [0.1, 0.15) is 74.6 Å². The summed E-state index contributed by atoms with van der Waals surface area (Å²) >= 11 is 0. The molecule has 2 fully saturated rings. The molecule has 11 nitrogen and oxygen atoms in total. The normalized spacial score (nSPS) is 15.6. The molecule has 2 saturated heterocycles. The van der Waals surface area contributed by atoms with Crippen molar-refractivity contribution in [1.29, 1.82) is 0 Å².